The smallest absolute Gasteiger partial charge is 0.252 e. The number of hydrogen-bond acceptors (Lipinski definition) is 2. The van der Waals surface area contributed by atoms with Crippen LogP contribution in [-0.2, 0) is 5.54 Å². The lowest BCUT2D eigenvalue weighted by molar-refractivity contribution is 0.0932. The van der Waals surface area contributed by atoms with Gasteiger partial charge in [0.05, 0.1) is 16.6 Å². The Bertz CT molecular complexity index is 833. The van der Waals surface area contributed by atoms with E-state index < -0.39 is 0 Å². The van der Waals surface area contributed by atoms with Gasteiger partial charge in [0.1, 0.15) is 0 Å². The van der Waals surface area contributed by atoms with Gasteiger partial charge in [-0.25, -0.2) is 0 Å². The van der Waals surface area contributed by atoms with E-state index in [1.165, 1.54) is 5.56 Å². The number of aromatic nitrogens is 1. The molecular weight excluding hydrogens is 272 g/mol. The highest BCUT2D eigenvalue weighted by Gasteiger charge is 2.45. The molecule has 0 radical (unpaired) electrons. The number of hydrogen-bond donors (Lipinski definition) is 1. The number of fused-ring (bicyclic) bond motifs is 1. The molecule has 1 saturated carbocycles. The number of rotatable bonds is 3. The SMILES string of the molecule is O=C(NC1(c2ccccc2)CC1)c1ccnc2ccccc12. The number of carbonyl (C=O) groups excluding carboxylic acids is 1. The fraction of sp³-hybridized carbons (Fsp3) is 0.158. The Morgan fingerprint density at radius 1 is 0.955 bits per heavy atom. The minimum Gasteiger partial charge on any atom is -0.343 e. The van der Waals surface area contributed by atoms with E-state index in [4.69, 9.17) is 0 Å². The normalized spacial score (nSPS) is 15.5. The van der Waals surface area contributed by atoms with Crippen molar-refractivity contribution < 1.29 is 4.79 Å². The van der Waals surface area contributed by atoms with Crippen molar-refractivity contribution in [3.8, 4) is 0 Å². The second-order valence-corrected chi connectivity index (χ2v) is 5.78. The van der Waals surface area contributed by atoms with Crippen molar-refractivity contribution in [2.24, 2.45) is 0 Å². The lowest BCUT2D eigenvalue weighted by Gasteiger charge is -2.18. The number of carbonyl (C=O) groups is 1. The van der Waals surface area contributed by atoms with Gasteiger partial charge in [-0.1, -0.05) is 48.5 Å². The molecule has 22 heavy (non-hydrogen) atoms. The highest BCUT2D eigenvalue weighted by atomic mass is 16.1. The quantitative estimate of drug-likeness (QED) is 0.799. The predicted octanol–water partition coefficient (Wildman–Crippen LogP) is 3.65. The Balaban J connectivity index is 1.68. The second kappa shape index (κ2) is 4.95. The summed E-state index contributed by atoms with van der Waals surface area (Å²) in [5.41, 5.74) is 2.53. The third-order valence-corrected chi connectivity index (χ3v) is 4.32. The molecule has 1 heterocycles. The summed E-state index contributed by atoms with van der Waals surface area (Å²) in [6.07, 6.45) is 3.68. The first-order valence-electron chi connectivity index (χ1n) is 7.50. The molecule has 0 bridgehead atoms. The fourth-order valence-corrected chi connectivity index (χ4v) is 2.95. The van der Waals surface area contributed by atoms with Gasteiger partial charge in [0.15, 0.2) is 0 Å². The minimum absolute atomic E-state index is 0.0278. The molecule has 1 aromatic heterocycles. The van der Waals surface area contributed by atoms with Crippen LogP contribution in [0, 0.1) is 0 Å². The number of amides is 1. The monoisotopic (exact) mass is 288 g/mol. The molecule has 1 N–H and O–H groups in total. The van der Waals surface area contributed by atoms with E-state index >= 15 is 0 Å². The van der Waals surface area contributed by atoms with Crippen molar-refractivity contribution >= 4 is 16.8 Å². The highest BCUT2D eigenvalue weighted by molar-refractivity contribution is 6.06. The van der Waals surface area contributed by atoms with Crippen LogP contribution in [0.3, 0.4) is 0 Å². The summed E-state index contributed by atoms with van der Waals surface area (Å²) < 4.78 is 0. The van der Waals surface area contributed by atoms with Crippen LogP contribution in [0.25, 0.3) is 10.9 Å². The van der Waals surface area contributed by atoms with E-state index in [0.717, 1.165) is 23.7 Å². The predicted molar refractivity (Wildman–Crippen MR) is 86.6 cm³/mol. The van der Waals surface area contributed by atoms with Crippen LogP contribution < -0.4 is 5.32 Å². The van der Waals surface area contributed by atoms with Crippen molar-refractivity contribution in [3.63, 3.8) is 0 Å². The Morgan fingerprint density at radius 3 is 2.45 bits per heavy atom. The summed E-state index contributed by atoms with van der Waals surface area (Å²) in [5.74, 6) is -0.0278. The molecule has 2 aromatic carbocycles. The molecule has 108 valence electrons. The van der Waals surface area contributed by atoms with E-state index in [-0.39, 0.29) is 11.4 Å². The van der Waals surface area contributed by atoms with Gasteiger partial charge < -0.3 is 5.32 Å². The molecule has 1 amide bonds. The Kier molecular flexibility index (Phi) is 2.93. The van der Waals surface area contributed by atoms with Crippen LogP contribution in [0.15, 0.2) is 66.9 Å². The molecule has 3 nitrogen and oxygen atoms in total. The van der Waals surface area contributed by atoms with Crippen LogP contribution in [0.1, 0.15) is 28.8 Å². The second-order valence-electron chi connectivity index (χ2n) is 5.78. The lowest BCUT2D eigenvalue weighted by Crippen LogP contribution is -2.34. The van der Waals surface area contributed by atoms with Crippen molar-refractivity contribution in [2.75, 3.05) is 0 Å². The van der Waals surface area contributed by atoms with Gasteiger partial charge in [0, 0.05) is 11.6 Å². The Labute approximate surface area is 129 Å². The van der Waals surface area contributed by atoms with Gasteiger partial charge in [-0.15, -0.1) is 0 Å². The molecule has 4 rings (SSSR count). The molecule has 1 aliphatic rings. The fourth-order valence-electron chi connectivity index (χ4n) is 2.95. The molecule has 0 saturated heterocycles. The van der Waals surface area contributed by atoms with Gasteiger partial charge in [0.25, 0.3) is 5.91 Å². The molecule has 1 fully saturated rings. The van der Waals surface area contributed by atoms with Crippen LogP contribution in [0.2, 0.25) is 0 Å². The highest BCUT2D eigenvalue weighted by Crippen LogP contribution is 2.45. The first-order valence-corrected chi connectivity index (χ1v) is 7.50. The molecule has 0 unspecified atom stereocenters. The summed E-state index contributed by atoms with van der Waals surface area (Å²) in [6, 6.07) is 19.7. The molecule has 0 spiro atoms. The summed E-state index contributed by atoms with van der Waals surface area (Å²) in [7, 11) is 0. The molecule has 1 aliphatic carbocycles. The van der Waals surface area contributed by atoms with Gasteiger partial charge in [-0.2, -0.15) is 0 Å². The first-order chi connectivity index (χ1) is 10.8. The van der Waals surface area contributed by atoms with E-state index in [9.17, 15) is 4.79 Å². The summed E-state index contributed by atoms with van der Waals surface area (Å²) in [6.45, 7) is 0. The van der Waals surface area contributed by atoms with Crippen molar-refractivity contribution in [3.05, 3.63) is 78.0 Å². The zero-order chi connectivity index (χ0) is 15.0. The van der Waals surface area contributed by atoms with Gasteiger partial charge in [0.2, 0.25) is 0 Å². The number of para-hydroxylation sites is 1. The van der Waals surface area contributed by atoms with E-state index in [1.807, 2.05) is 42.5 Å². The largest absolute Gasteiger partial charge is 0.343 e. The Hall–Kier alpha value is -2.68. The minimum atomic E-state index is -0.192. The summed E-state index contributed by atoms with van der Waals surface area (Å²) >= 11 is 0. The van der Waals surface area contributed by atoms with Gasteiger partial charge in [-0.05, 0) is 30.5 Å². The van der Waals surface area contributed by atoms with E-state index in [2.05, 4.69) is 22.4 Å². The van der Waals surface area contributed by atoms with Crippen LogP contribution in [-0.4, -0.2) is 10.9 Å². The number of benzene rings is 2. The van der Waals surface area contributed by atoms with Crippen LogP contribution in [0.4, 0.5) is 0 Å². The number of nitrogens with zero attached hydrogens (tertiary/aromatic N) is 1. The molecule has 0 aliphatic heterocycles. The zero-order valence-corrected chi connectivity index (χ0v) is 12.1. The zero-order valence-electron chi connectivity index (χ0n) is 12.1. The molecule has 0 atom stereocenters. The molecule has 3 heteroatoms. The van der Waals surface area contributed by atoms with Crippen molar-refractivity contribution in [1.29, 1.82) is 0 Å². The lowest BCUT2D eigenvalue weighted by atomic mass is 10.0. The maximum Gasteiger partial charge on any atom is 0.252 e. The van der Waals surface area contributed by atoms with Crippen LogP contribution >= 0.6 is 0 Å². The first kappa shape index (κ1) is 13.0. The maximum absolute atomic E-state index is 12.7. The van der Waals surface area contributed by atoms with E-state index in [0.29, 0.717) is 5.56 Å². The maximum atomic E-state index is 12.7. The van der Waals surface area contributed by atoms with Gasteiger partial charge in [-0.3, -0.25) is 9.78 Å². The topological polar surface area (TPSA) is 42.0 Å². The summed E-state index contributed by atoms with van der Waals surface area (Å²) in [4.78, 5) is 17.1. The summed E-state index contributed by atoms with van der Waals surface area (Å²) in [5, 5.41) is 4.12. The third-order valence-electron chi connectivity index (χ3n) is 4.32. The average molecular weight is 288 g/mol. The molecule has 3 aromatic rings. The number of pyridine rings is 1. The van der Waals surface area contributed by atoms with Gasteiger partial charge >= 0.3 is 0 Å². The average Bonchev–Trinajstić information content (AvgIpc) is 3.36. The Morgan fingerprint density at radius 2 is 1.68 bits per heavy atom. The van der Waals surface area contributed by atoms with Crippen molar-refractivity contribution in [1.82, 2.24) is 10.3 Å². The van der Waals surface area contributed by atoms with E-state index in [1.54, 1.807) is 12.3 Å². The molecular formula is C19H16N2O. The third kappa shape index (κ3) is 2.15. The van der Waals surface area contributed by atoms with Crippen LogP contribution in [0.5, 0.6) is 0 Å². The number of nitrogens with one attached hydrogen (secondary N) is 1. The standard InChI is InChI=1S/C19H16N2O/c22-18(16-10-13-20-17-9-5-4-8-15(16)17)21-19(11-12-19)14-6-2-1-3-7-14/h1-10,13H,11-12H2,(H,21,22). The van der Waals surface area contributed by atoms with Crippen molar-refractivity contribution in [2.45, 2.75) is 18.4 Å².